The van der Waals surface area contributed by atoms with Crippen LogP contribution in [0.4, 0.5) is 5.69 Å². The summed E-state index contributed by atoms with van der Waals surface area (Å²) < 4.78 is 29.9. The second kappa shape index (κ2) is 6.48. The van der Waals surface area contributed by atoms with Crippen LogP contribution in [0.15, 0.2) is 29.2 Å². The normalized spacial score (nSPS) is 14.6. The van der Waals surface area contributed by atoms with Crippen LogP contribution in [0, 0.1) is 12.8 Å². The van der Waals surface area contributed by atoms with Gasteiger partial charge in [0.05, 0.1) is 23.2 Å². The van der Waals surface area contributed by atoms with Crippen molar-refractivity contribution in [3.05, 3.63) is 46.0 Å². The number of nitrogens with one attached hydrogen (secondary N) is 1. The summed E-state index contributed by atoms with van der Waals surface area (Å²) in [6, 6.07) is 5.70. The number of aromatic nitrogens is 3. The summed E-state index contributed by atoms with van der Waals surface area (Å²) in [6.45, 7) is 1.78. The van der Waals surface area contributed by atoms with Crippen molar-refractivity contribution < 1.29 is 8.42 Å². The Morgan fingerprint density at radius 2 is 1.89 bits per heavy atom. The predicted octanol–water partition coefficient (Wildman–Crippen LogP) is 2.57. The van der Waals surface area contributed by atoms with Crippen LogP contribution in [-0.2, 0) is 30.5 Å². The molecule has 0 spiro atoms. The van der Waals surface area contributed by atoms with Crippen LogP contribution in [-0.4, -0.2) is 29.0 Å². The van der Waals surface area contributed by atoms with Crippen LogP contribution in [0.5, 0.6) is 0 Å². The largest absolute Gasteiger partial charge is 0.318 e. The number of sulfonamides is 1. The van der Waals surface area contributed by atoms with Gasteiger partial charge in [-0.1, -0.05) is 0 Å². The Morgan fingerprint density at radius 1 is 1.18 bits per heavy atom. The first kappa shape index (κ1) is 18.7. The Hall–Kier alpha value is -2.61. The van der Waals surface area contributed by atoms with Crippen LogP contribution in [0.2, 0.25) is 0 Å². The lowest BCUT2D eigenvalue weighted by Crippen LogP contribution is -2.18. The van der Waals surface area contributed by atoms with Crippen LogP contribution in [0.3, 0.4) is 0 Å². The summed E-state index contributed by atoms with van der Waals surface area (Å²) in [4.78, 5) is 12.1. The quantitative estimate of drug-likeness (QED) is 0.713. The fourth-order valence-corrected chi connectivity index (χ4v) is 4.27. The summed E-state index contributed by atoms with van der Waals surface area (Å²) in [7, 11) is 0.0983. The van der Waals surface area contributed by atoms with E-state index in [-0.39, 0.29) is 5.56 Å². The number of rotatable bonds is 5. The van der Waals surface area contributed by atoms with Gasteiger partial charge < -0.3 is 4.57 Å². The van der Waals surface area contributed by atoms with Crippen LogP contribution < -0.4 is 10.3 Å². The molecular formula is C20H24N4O3S. The molecule has 1 aromatic carbocycles. The number of fused-ring (bicyclic) bond motifs is 1. The maximum absolute atomic E-state index is 12.1. The van der Waals surface area contributed by atoms with Crippen molar-refractivity contribution in [2.75, 3.05) is 11.0 Å². The number of aryl methyl sites for hydroxylation is 3. The summed E-state index contributed by atoms with van der Waals surface area (Å²) in [5, 5.41) is 5.62. The van der Waals surface area contributed by atoms with E-state index in [0.717, 1.165) is 40.4 Å². The molecule has 0 atom stereocenters. The van der Waals surface area contributed by atoms with Gasteiger partial charge in [-0.2, -0.15) is 5.10 Å². The molecule has 1 aliphatic rings. The van der Waals surface area contributed by atoms with Crippen molar-refractivity contribution in [3.8, 4) is 11.1 Å². The van der Waals surface area contributed by atoms with Gasteiger partial charge in [0.2, 0.25) is 10.0 Å². The Balaban J connectivity index is 1.97. The third-order valence-electron chi connectivity index (χ3n) is 5.19. The second-order valence-corrected chi connectivity index (χ2v) is 9.59. The second-order valence-electron chi connectivity index (χ2n) is 7.84. The number of benzene rings is 1. The molecule has 0 bridgehead atoms. The molecule has 1 N–H and O–H groups in total. The van der Waals surface area contributed by atoms with Gasteiger partial charge in [-0.15, -0.1) is 0 Å². The van der Waals surface area contributed by atoms with Gasteiger partial charge in [0.15, 0.2) is 0 Å². The molecule has 2 heterocycles. The molecule has 0 unspecified atom stereocenters. The van der Waals surface area contributed by atoms with E-state index >= 15 is 0 Å². The first-order chi connectivity index (χ1) is 13.1. The van der Waals surface area contributed by atoms with Crippen molar-refractivity contribution >= 4 is 26.6 Å². The lowest BCUT2D eigenvalue weighted by Gasteiger charge is -2.12. The van der Waals surface area contributed by atoms with Gasteiger partial charge >= 0.3 is 0 Å². The highest BCUT2D eigenvalue weighted by molar-refractivity contribution is 7.92. The van der Waals surface area contributed by atoms with E-state index in [2.05, 4.69) is 9.82 Å². The van der Waals surface area contributed by atoms with Crippen LogP contribution >= 0.6 is 0 Å². The van der Waals surface area contributed by atoms with Gasteiger partial charge in [0.1, 0.15) is 0 Å². The van der Waals surface area contributed by atoms with Gasteiger partial charge in [0, 0.05) is 31.2 Å². The lowest BCUT2D eigenvalue weighted by atomic mass is 10.0. The zero-order chi connectivity index (χ0) is 20.2. The SMILES string of the molecule is Cc1cc(-c2cc(NS(C)(=O)=O)c3c(c2)c(CC2CC2)nn3C)cn(C)c1=O. The van der Waals surface area contributed by atoms with E-state index in [9.17, 15) is 13.2 Å². The Morgan fingerprint density at radius 3 is 2.50 bits per heavy atom. The van der Waals surface area contributed by atoms with Crippen molar-refractivity contribution in [1.82, 2.24) is 14.3 Å². The molecule has 8 heteroatoms. The molecule has 148 valence electrons. The smallest absolute Gasteiger partial charge is 0.253 e. The zero-order valence-corrected chi connectivity index (χ0v) is 17.3. The third-order valence-corrected chi connectivity index (χ3v) is 5.78. The van der Waals surface area contributed by atoms with Gasteiger partial charge in [-0.25, -0.2) is 8.42 Å². The fraction of sp³-hybridized carbons (Fsp3) is 0.400. The predicted molar refractivity (Wildman–Crippen MR) is 111 cm³/mol. The number of nitrogens with zero attached hydrogens (tertiary/aromatic N) is 3. The highest BCUT2D eigenvalue weighted by atomic mass is 32.2. The molecule has 0 amide bonds. The van der Waals surface area contributed by atoms with Crippen LogP contribution in [0.1, 0.15) is 24.1 Å². The standard InChI is InChI=1S/C20H24N4O3S/c1-12-7-15(11-23(2)20(12)25)14-9-16-17(8-13-5-6-13)21-24(3)19(16)18(10-14)22-28(4,26)27/h7,9-11,13,22H,5-6,8H2,1-4H3. The lowest BCUT2D eigenvalue weighted by molar-refractivity contribution is 0.607. The Labute approximate surface area is 164 Å². The van der Waals surface area contributed by atoms with E-state index in [4.69, 9.17) is 0 Å². The molecule has 1 saturated carbocycles. The molecule has 0 aliphatic heterocycles. The zero-order valence-electron chi connectivity index (χ0n) is 16.5. The Kier molecular flexibility index (Phi) is 4.33. The molecule has 4 rings (SSSR count). The van der Waals surface area contributed by atoms with Gasteiger partial charge in [-0.3, -0.25) is 14.2 Å². The minimum atomic E-state index is -3.46. The molecule has 1 fully saturated rings. The molecule has 1 aliphatic carbocycles. The number of hydrogen-bond donors (Lipinski definition) is 1. The summed E-state index contributed by atoms with van der Waals surface area (Å²) >= 11 is 0. The van der Waals surface area contributed by atoms with Crippen molar-refractivity contribution in [1.29, 1.82) is 0 Å². The minimum absolute atomic E-state index is 0.0462. The van der Waals surface area contributed by atoms with Gasteiger partial charge in [-0.05, 0) is 61.4 Å². The number of pyridine rings is 1. The average Bonchev–Trinajstić information content (AvgIpc) is 3.34. The highest BCUT2D eigenvalue weighted by Gasteiger charge is 2.25. The highest BCUT2D eigenvalue weighted by Crippen LogP contribution is 2.37. The summed E-state index contributed by atoms with van der Waals surface area (Å²) in [5.41, 5.74) is 4.56. The molecule has 3 aromatic rings. The van der Waals surface area contributed by atoms with E-state index < -0.39 is 10.0 Å². The van der Waals surface area contributed by atoms with E-state index in [1.165, 1.54) is 12.8 Å². The Bertz CT molecular complexity index is 1220. The molecular weight excluding hydrogens is 376 g/mol. The monoisotopic (exact) mass is 400 g/mol. The fourth-order valence-electron chi connectivity index (χ4n) is 3.71. The van der Waals surface area contributed by atoms with E-state index in [1.807, 2.05) is 25.2 Å². The van der Waals surface area contributed by atoms with E-state index in [0.29, 0.717) is 17.2 Å². The molecule has 28 heavy (non-hydrogen) atoms. The summed E-state index contributed by atoms with van der Waals surface area (Å²) in [5.74, 6) is 0.660. The topological polar surface area (TPSA) is 86.0 Å². The first-order valence-corrected chi connectivity index (χ1v) is 11.2. The third kappa shape index (κ3) is 3.56. The van der Waals surface area contributed by atoms with Gasteiger partial charge in [0.25, 0.3) is 5.56 Å². The number of anilines is 1. The average molecular weight is 401 g/mol. The molecule has 2 aromatic heterocycles. The van der Waals surface area contributed by atoms with Crippen molar-refractivity contribution in [2.45, 2.75) is 26.2 Å². The minimum Gasteiger partial charge on any atom is -0.318 e. The molecule has 0 saturated heterocycles. The number of hydrogen-bond acceptors (Lipinski definition) is 4. The van der Waals surface area contributed by atoms with Crippen LogP contribution in [0.25, 0.3) is 22.0 Å². The van der Waals surface area contributed by atoms with E-state index in [1.54, 1.807) is 29.4 Å². The first-order valence-electron chi connectivity index (χ1n) is 9.27. The maximum atomic E-state index is 12.1. The van der Waals surface area contributed by atoms with Crippen molar-refractivity contribution in [3.63, 3.8) is 0 Å². The molecule has 0 radical (unpaired) electrons. The summed E-state index contributed by atoms with van der Waals surface area (Å²) in [6.07, 6.45) is 6.24. The maximum Gasteiger partial charge on any atom is 0.253 e. The molecule has 7 nitrogen and oxygen atoms in total. The van der Waals surface area contributed by atoms with Crippen molar-refractivity contribution in [2.24, 2.45) is 20.0 Å².